The van der Waals surface area contributed by atoms with Crippen LogP contribution in [0.4, 0.5) is 5.69 Å². The molecule has 5 heteroatoms. The number of hydrogen-bond donors (Lipinski definition) is 2. The summed E-state index contributed by atoms with van der Waals surface area (Å²) in [5, 5.41) is 3.95. The molecule has 1 aliphatic heterocycles. The van der Waals surface area contributed by atoms with E-state index in [4.69, 9.17) is 4.74 Å². The number of carbonyl (C=O) groups excluding carboxylic acids is 2. The molecular formula is C19H16N2O3. The fraction of sp³-hybridized carbons (Fsp3) is 0.158. The summed E-state index contributed by atoms with van der Waals surface area (Å²) in [5.74, 6) is -0.00152. The third kappa shape index (κ3) is 2.76. The van der Waals surface area contributed by atoms with E-state index >= 15 is 0 Å². The second kappa shape index (κ2) is 5.85. The Kier molecular flexibility index (Phi) is 3.54. The summed E-state index contributed by atoms with van der Waals surface area (Å²) in [6.07, 6.45) is 2.33. The third-order valence-corrected chi connectivity index (χ3v) is 4.26. The van der Waals surface area contributed by atoms with Gasteiger partial charge in [-0.1, -0.05) is 18.2 Å². The summed E-state index contributed by atoms with van der Waals surface area (Å²) in [6, 6.07) is 15.1. The molecule has 2 aromatic carbocycles. The molecule has 1 atom stereocenters. The molecule has 1 amide bonds. The normalized spacial score (nSPS) is 16.5. The van der Waals surface area contributed by atoms with Gasteiger partial charge in [-0.05, 0) is 35.9 Å². The Bertz CT molecular complexity index is 929. The number of fused-ring (bicyclic) bond motifs is 2. The number of aromatic nitrogens is 1. The number of rotatable bonds is 3. The van der Waals surface area contributed by atoms with Crippen LogP contribution in [-0.2, 0) is 9.59 Å². The number of carbonyl (C=O) groups is 2. The van der Waals surface area contributed by atoms with Crippen LogP contribution in [0.3, 0.4) is 0 Å². The molecule has 0 unspecified atom stereocenters. The van der Waals surface area contributed by atoms with Crippen LogP contribution in [0.25, 0.3) is 10.9 Å². The number of benzene rings is 2. The molecule has 0 spiro atoms. The molecule has 1 aromatic heterocycles. The largest absolute Gasteiger partial charge is 0.426 e. The maximum absolute atomic E-state index is 12.4. The molecule has 2 heterocycles. The van der Waals surface area contributed by atoms with Crippen molar-refractivity contribution in [3.8, 4) is 5.75 Å². The minimum Gasteiger partial charge on any atom is -0.426 e. The van der Waals surface area contributed by atoms with Crippen LogP contribution >= 0.6 is 0 Å². The number of nitrogens with one attached hydrogen (secondary N) is 2. The van der Waals surface area contributed by atoms with Crippen molar-refractivity contribution < 1.29 is 14.3 Å². The quantitative estimate of drug-likeness (QED) is 0.572. The van der Waals surface area contributed by atoms with E-state index < -0.39 is 0 Å². The van der Waals surface area contributed by atoms with E-state index in [1.165, 1.54) is 0 Å². The predicted molar refractivity (Wildman–Crippen MR) is 91.0 cm³/mol. The van der Waals surface area contributed by atoms with Crippen LogP contribution in [0.2, 0.25) is 0 Å². The van der Waals surface area contributed by atoms with Gasteiger partial charge in [0.1, 0.15) is 5.75 Å². The van der Waals surface area contributed by atoms with E-state index in [0.29, 0.717) is 5.75 Å². The van der Waals surface area contributed by atoms with Crippen LogP contribution in [0.5, 0.6) is 5.75 Å². The van der Waals surface area contributed by atoms with E-state index in [1.807, 2.05) is 48.7 Å². The zero-order chi connectivity index (χ0) is 16.5. The first-order valence-corrected chi connectivity index (χ1v) is 7.85. The van der Waals surface area contributed by atoms with Gasteiger partial charge in [0.05, 0.1) is 6.42 Å². The Balaban J connectivity index is 1.50. The highest BCUT2D eigenvalue weighted by Gasteiger charge is 2.28. The predicted octanol–water partition coefficient (Wildman–Crippen LogP) is 3.59. The van der Waals surface area contributed by atoms with Crippen molar-refractivity contribution in [3.05, 3.63) is 60.3 Å². The van der Waals surface area contributed by atoms with Gasteiger partial charge >= 0.3 is 5.97 Å². The number of amides is 1. The lowest BCUT2D eigenvalue weighted by Crippen LogP contribution is -2.24. The first-order chi connectivity index (χ1) is 11.7. The number of esters is 1. The molecule has 2 N–H and O–H groups in total. The van der Waals surface area contributed by atoms with Crippen molar-refractivity contribution in [2.45, 2.75) is 18.8 Å². The van der Waals surface area contributed by atoms with E-state index in [2.05, 4.69) is 10.3 Å². The Morgan fingerprint density at radius 3 is 3.00 bits per heavy atom. The first-order valence-electron chi connectivity index (χ1n) is 7.85. The van der Waals surface area contributed by atoms with Gasteiger partial charge in [0.2, 0.25) is 5.91 Å². The van der Waals surface area contributed by atoms with Gasteiger partial charge in [0.15, 0.2) is 0 Å². The van der Waals surface area contributed by atoms with E-state index in [0.717, 1.165) is 22.2 Å². The third-order valence-electron chi connectivity index (χ3n) is 4.26. The molecule has 0 fully saturated rings. The molecule has 0 aliphatic carbocycles. The Labute approximate surface area is 138 Å². The molecule has 120 valence electrons. The Morgan fingerprint density at radius 1 is 1.21 bits per heavy atom. The lowest BCUT2D eigenvalue weighted by Gasteiger charge is -2.23. The average molecular weight is 320 g/mol. The molecular weight excluding hydrogens is 304 g/mol. The SMILES string of the molecule is O=C(C[C@@H]1CC(=O)Oc2ccccc21)Nc1ccc2[nH]ccc2c1. The van der Waals surface area contributed by atoms with E-state index in [-0.39, 0.29) is 30.6 Å². The topological polar surface area (TPSA) is 71.2 Å². The zero-order valence-electron chi connectivity index (χ0n) is 12.9. The second-order valence-electron chi connectivity index (χ2n) is 5.94. The molecule has 3 aromatic rings. The van der Waals surface area contributed by atoms with Gasteiger partial charge in [-0.25, -0.2) is 0 Å². The zero-order valence-corrected chi connectivity index (χ0v) is 12.9. The monoisotopic (exact) mass is 320 g/mol. The van der Waals surface area contributed by atoms with Crippen molar-refractivity contribution in [1.82, 2.24) is 4.98 Å². The molecule has 0 saturated heterocycles. The number of anilines is 1. The summed E-state index contributed by atoms with van der Waals surface area (Å²) in [7, 11) is 0. The van der Waals surface area contributed by atoms with Gasteiger partial charge in [-0.15, -0.1) is 0 Å². The van der Waals surface area contributed by atoms with Gasteiger partial charge in [-0.2, -0.15) is 0 Å². The number of aromatic amines is 1. The number of H-pyrrole nitrogens is 1. The lowest BCUT2D eigenvalue weighted by molar-refractivity contribution is -0.136. The van der Waals surface area contributed by atoms with Crippen molar-refractivity contribution in [3.63, 3.8) is 0 Å². The van der Waals surface area contributed by atoms with Crippen LogP contribution < -0.4 is 10.1 Å². The maximum Gasteiger partial charge on any atom is 0.311 e. The Hall–Kier alpha value is -3.08. The van der Waals surface area contributed by atoms with E-state index in [9.17, 15) is 9.59 Å². The van der Waals surface area contributed by atoms with Crippen LogP contribution in [-0.4, -0.2) is 16.9 Å². The number of para-hydroxylation sites is 1. The highest BCUT2D eigenvalue weighted by molar-refractivity contribution is 5.94. The lowest BCUT2D eigenvalue weighted by atomic mass is 9.89. The molecule has 0 bridgehead atoms. The number of hydrogen-bond acceptors (Lipinski definition) is 3. The van der Waals surface area contributed by atoms with Crippen molar-refractivity contribution in [2.75, 3.05) is 5.32 Å². The summed E-state index contributed by atoms with van der Waals surface area (Å²) >= 11 is 0. The smallest absolute Gasteiger partial charge is 0.311 e. The van der Waals surface area contributed by atoms with Gasteiger partial charge in [-0.3, -0.25) is 9.59 Å². The van der Waals surface area contributed by atoms with E-state index in [1.54, 1.807) is 6.07 Å². The summed E-state index contributed by atoms with van der Waals surface area (Å²) in [5.41, 5.74) is 2.68. The summed E-state index contributed by atoms with van der Waals surface area (Å²) in [6.45, 7) is 0. The highest BCUT2D eigenvalue weighted by atomic mass is 16.5. The number of ether oxygens (including phenoxy) is 1. The first kappa shape index (κ1) is 14.5. The summed E-state index contributed by atoms with van der Waals surface area (Å²) in [4.78, 5) is 27.3. The van der Waals surface area contributed by atoms with Crippen LogP contribution in [0.1, 0.15) is 24.3 Å². The van der Waals surface area contributed by atoms with Crippen LogP contribution in [0.15, 0.2) is 54.7 Å². The molecule has 5 nitrogen and oxygen atoms in total. The van der Waals surface area contributed by atoms with Crippen LogP contribution in [0, 0.1) is 0 Å². The highest BCUT2D eigenvalue weighted by Crippen LogP contribution is 2.36. The summed E-state index contributed by atoms with van der Waals surface area (Å²) < 4.78 is 5.23. The maximum atomic E-state index is 12.4. The molecule has 24 heavy (non-hydrogen) atoms. The second-order valence-corrected chi connectivity index (χ2v) is 5.94. The van der Waals surface area contributed by atoms with Crippen molar-refractivity contribution in [2.24, 2.45) is 0 Å². The van der Waals surface area contributed by atoms with Crippen molar-refractivity contribution >= 4 is 28.5 Å². The fourth-order valence-electron chi connectivity index (χ4n) is 3.14. The van der Waals surface area contributed by atoms with Gasteiger partial charge in [0, 0.05) is 35.1 Å². The fourth-order valence-corrected chi connectivity index (χ4v) is 3.14. The molecule has 1 aliphatic rings. The minimum absolute atomic E-state index is 0.112. The molecule has 4 rings (SSSR count). The van der Waals surface area contributed by atoms with Gasteiger partial charge in [0.25, 0.3) is 0 Å². The molecule has 0 radical (unpaired) electrons. The van der Waals surface area contributed by atoms with Crippen molar-refractivity contribution in [1.29, 1.82) is 0 Å². The standard InChI is InChI=1S/C19H16N2O3/c22-18(21-14-5-6-16-12(9-14)7-8-20-16)10-13-11-19(23)24-17-4-2-1-3-15(13)17/h1-9,13,20H,10-11H2,(H,21,22)/t13-/m1/s1. The minimum atomic E-state index is -0.291. The Morgan fingerprint density at radius 2 is 2.08 bits per heavy atom. The van der Waals surface area contributed by atoms with Gasteiger partial charge < -0.3 is 15.0 Å². The molecule has 0 saturated carbocycles. The average Bonchev–Trinajstić information content (AvgIpc) is 3.02.